The summed E-state index contributed by atoms with van der Waals surface area (Å²) in [6.45, 7) is 3.61. The van der Waals surface area contributed by atoms with Crippen molar-refractivity contribution < 1.29 is 28.7 Å². The fourth-order valence-corrected chi connectivity index (χ4v) is 2.89. The summed E-state index contributed by atoms with van der Waals surface area (Å²) in [4.78, 5) is 35.4. The van der Waals surface area contributed by atoms with E-state index in [2.05, 4.69) is 10.6 Å². The molecule has 10 heteroatoms. The van der Waals surface area contributed by atoms with Gasteiger partial charge in [-0.1, -0.05) is 13.8 Å². The molecule has 0 radical (unpaired) electrons. The third kappa shape index (κ3) is 3.78. The van der Waals surface area contributed by atoms with Gasteiger partial charge in [0.25, 0.3) is 0 Å². The molecule has 1 aromatic rings. The monoisotopic (exact) mass is 379 g/mol. The third-order valence-corrected chi connectivity index (χ3v) is 4.10. The van der Waals surface area contributed by atoms with E-state index in [0.717, 1.165) is 0 Å². The minimum Gasteiger partial charge on any atom is -0.493 e. The molecule has 0 saturated heterocycles. The molecule has 1 heterocycles. The lowest BCUT2D eigenvalue weighted by atomic mass is 9.91. The average molecular weight is 379 g/mol. The fourth-order valence-electron chi connectivity index (χ4n) is 2.89. The first-order chi connectivity index (χ1) is 12.7. The van der Waals surface area contributed by atoms with Gasteiger partial charge in [0.05, 0.1) is 37.9 Å². The Balaban J connectivity index is 2.75. The van der Waals surface area contributed by atoms with Gasteiger partial charge >= 0.3 is 17.7 Å². The molecule has 146 valence electrons. The quantitative estimate of drug-likeness (QED) is 0.439. The van der Waals surface area contributed by atoms with Gasteiger partial charge in [-0.25, -0.2) is 9.59 Å². The first-order valence-electron chi connectivity index (χ1n) is 8.05. The van der Waals surface area contributed by atoms with Gasteiger partial charge in [-0.2, -0.15) is 0 Å². The van der Waals surface area contributed by atoms with Gasteiger partial charge in [0, 0.05) is 11.8 Å². The lowest BCUT2D eigenvalue weighted by Crippen LogP contribution is -2.47. The molecular formula is C17H21N3O7. The Labute approximate surface area is 155 Å². The highest BCUT2D eigenvalue weighted by molar-refractivity contribution is 5.95. The number of nitrogens with one attached hydrogen (secondary N) is 2. The zero-order valence-electron chi connectivity index (χ0n) is 15.6. The highest BCUT2D eigenvalue weighted by Gasteiger charge is 2.36. The van der Waals surface area contributed by atoms with Crippen LogP contribution in [0.4, 0.5) is 10.5 Å². The number of ether oxygens (including phenoxy) is 3. The number of amides is 2. The SMILES string of the molecule is COC(=O)C1=C(C(C)C)NC(=O)NC1c1cc(OC)c(OC)c([N+](=O)[O-])c1. The molecule has 10 nitrogen and oxygen atoms in total. The van der Waals surface area contributed by atoms with Crippen molar-refractivity contribution in [1.82, 2.24) is 10.6 Å². The molecule has 0 bridgehead atoms. The maximum Gasteiger partial charge on any atom is 0.337 e. The predicted octanol–water partition coefficient (Wildman–Crippen LogP) is 2.05. The number of carbonyl (C=O) groups excluding carboxylic acids is 2. The topological polar surface area (TPSA) is 129 Å². The Kier molecular flexibility index (Phi) is 5.88. The van der Waals surface area contributed by atoms with Gasteiger partial charge in [0.15, 0.2) is 5.75 Å². The number of hydrogen-bond acceptors (Lipinski definition) is 7. The van der Waals surface area contributed by atoms with E-state index in [1.165, 1.54) is 33.5 Å². The molecule has 1 atom stereocenters. The summed E-state index contributed by atoms with van der Waals surface area (Å²) < 4.78 is 15.1. The largest absolute Gasteiger partial charge is 0.493 e. The summed E-state index contributed by atoms with van der Waals surface area (Å²) in [5, 5.41) is 16.7. The fraction of sp³-hybridized carbons (Fsp3) is 0.412. The summed E-state index contributed by atoms with van der Waals surface area (Å²) in [6.07, 6.45) is 0. The van der Waals surface area contributed by atoms with Crippen LogP contribution in [0.15, 0.2) is 23.4 Å². The Morgan fingerprint density at radius 3 is 2.37 bits per heavy atom. The van der Waals surface area contributed by atoms with Gasteiger partial charge in [0.1, 0.15) is 0 Å². The number of nitrogens with zero attached hydrogens (tertiary/aromatic N) is 1. The van der Waals surface area contributed by atoms with Crippen molar-refractivity contribution >= 4 is 17.7 Å². The lowest BCUT2D eigenvalue weighted by Gasteiger charge is -2.30. The van der Waals surface area contributed by atoms with Crippen molar-refractivity contribution in [3.8, 4) is 11.5 Å². The molecule has 2 rings (SSSR count). The number of carbonyl (C=O) groups is 2. The Morgan fingerprint density at radius 1 is 1.22 bits per heavy atom. The summed E-state index contributed by atoms with van der Waals surface area (Å²) in [7, 11) is 3.84. The maximum atomic E-state index is 12.4. The molecule has 27 heavy (non-hydrogen) atoms. The molecule has 0 aliphatic carbocycles. The van der Waals surface area contributed by atoms with Crippen LogP contribution in [-0.2, 0) is 9.53 Å². The van der Waals surface area contributed by atoms with E-state index in [0.29, 0.717) is 5.70 Å². The molecule has 0 spiro atoms. The number of nitro benzene ring substituents is 1. The van der Waals surface area contributed by atoms with Gasteiger partial charge in [-0.3, -0.25) is 10.1 Å². The van der Waals surface area contributed by atoms with Crippen LogP contribution in [0.1, 0.15) is 25.5 Å². The Hall–Kier alpha value is -3.30. The summed E-state index contributed by atoms with van der Waals surface area (Å²) >= 11 is 0. The van der Waals surface area contributed by atoms with E-state index < -0.39 is 23.0 Å². The Bertz CT molecular complexity index is 817. The van der Waals surface area contributed by atoms with E-state index >= 15 is 0 Å². The van der Waals surface area contributed by atoms with Crippen LogP contribution in [0.2, 0.25) is 0 Å². The summed E-state index contributed by atoms with van der Waals surface area (Å²) in [5.41, 5.74) is 0.476. The smallest absolute Gasteiger partial charge is 0.337 e. The molecule has 2 N–H and O–H groups in total. The maximum absolute atomic E-state index is 12.4. The van der Waals surface area contributed by atoms with Crippen LogP contribution < -0.4 is 20.1 Å². The second kappa shape index (κ2) is 7.94. The van der Waals surface area contributed by atoms with E-state index in [-0.39, 0.29) is 34.2 Å². The molecule has 1 aromatic carbocycles. The second-order valence-corrected chi connectivity index (χ2v) is 6.04. The minimum absolute atomic E-state index is 0.0563. The van der Waals surface area contributed by atoms with Gasteiger partial charge in [-0.15, -0.1) is 0 Å². The molecule has 1 aliphatic rings. The van der Waals surface area contributed by atoms with Crippen LogP contribution in [0.5, 0.6) is 11.5 Å². The first kappa shape index (κ1) is 20.0. The lowest BCUT2D eigenvalue weighted by molar-refractivity contribution is -0.385. The van der Waals surface area contributed by atoms with Crippen molar-refractivity contribution in [1.29, 1.82) is 0 Å². The zero-order valence-corrected chi connectivity index (χ0v) is 15.6. The zero-order chi connectivity index (χ0) is 20.3. The molecule has 2 amide bonds. The number of methoxy groups -OCH3 is 3. The van der Waals surface area contributed by atoms with Crippen LogP contribution >= 0.6 is 0 Å². The molecule has 0 fully saturated rings. The van der Waals surface area contributed by atoms with Gasteiger partial charge < -0.3 is 24.8 Å². The number of benzene rings is 1. The van der Waals surface area contributed by atoms with Crippen molar-refractivity contribution in [3.63, 3.8) is 0 Å². The van der Waals surface area contributed by atoms with E-state index in [1.54, 1.807) is 13.8 Å². The normalized spacial score (nSPS) is 16.5. The number of nitro groups is 1. The third-order valence-electron chi connectivity index (χ3n) is 4.10. The highest BCUT2D eigenvalue weighted by Crippen LogP contribution is 2.41. The minimum atomic E-state index is -0.956. The van der Waals surface area contributed by atoms with Crippen molar-refractivity contribution in [2.45, 2.75) is 19.9 Å². The van der Waals surface area contributed by atoms with Crippen molar-refractivity contribution in [2.24, 2.45) is 5.92 Å². The van der Waals surface area contributed by atoms with Crippen LogP contribution in [-0.4, -0.2) is 38.3 Å². The molecule has 1 aliphatic heterocycles. The molecule has 0 saturated carbocycles. The standard InChI is InChI=1S/C17H21N3O7/c1-8(2)13-12(16(21)27-5)14(19-17(22)18-13)9-6-10(20(23)24)15(26-4)11(7-9)25-3/h6-8,14H,1-5H3,(H2,18,19,22). The van der Waals surface area contributed by atoms with Crippen molar-refractivity contribution in [3.05, 3.63) is 39.1 Å². The van der Waals surface area contributed by atoms with E-state index in [1.807, 2.05) is 0 Å². The van der Waals surface area contributed by atoms with Crippen LogP contribution in [0, 0.1) is 16.0 Å². The van der Waals surface area contributed by atoms with Gasteiger partial charge in [-0.05, 0) is 17.5 Å². The molecule has 1 unspecified atom stereocenters. The predicted molar refractivity (Wildman–Crippen MR) is 94.5 cm³/mol. The number of esters is 1. The average Bonchev–Trinajstić information content (AvgIpc) is 2.65. The van der Waals surface area contributed by atoms with E-state index in [9.17, 15) is 19.7 Å². The number of rotatable bonds is 6. The second-order valence-electron chi connectivity index (χ2n) is 6.04. The van der Waals surface area contributed by atoms with Crippen LogP contribution in [0.25, 0.3) is 0 Å². The number of hydrogen-bond donors (Lipinski definition) is 2. The summed E-state index contributed by atoms with van der Waals surface area (Å²) in [5.74, 6) is -0.805. The number of urea groups is 1. The molecule has 0 aromatic heterocycles. The number of allylic oxidation sites excluding steroid dienone is 1. The van der Waals surface area contributed by atoms with Crippen LogP contribution in [0.3, 0.4) is 0 Å². The van der Waals surface area contributed by atoms with Crippen molar-refractivity contribution in [2.75, 3.05) is 21.3 Å². The first-order valence-corrected chi connectivity index (χ1v) is 8.05. The molecular weight excluding hydrogens is 358 g/mol. The van der Waals surface area contributed by atoms with E-state index in [4.69, 9.17) is 14.2 Å². The summed E-state index contributed by atoms with van der Waals surface area (Å²) in [6, 6.07) is 1.22. The Morgan fingerprint density at radius 2 is 1.89 bits per heavy atom. The highest BCUT2D eigenvalue weighted by atomic mass is 16.6. The van der Waals surface area contributed by atoms with Gasteiger partial charge in [0.2, 0.25) is 5.75 Å².